The number of piperidine rings is 1. The Kier molecular flexibility index (Phi) is 5.37. The van der Waals surface area contributed by atoms with Gasteiger partial charge in [-0.15, -0.1) is 11.3 Å². The van der Waals surface area contributed by atoms with Crippen LogP contribution in [0.4, 0.5) is 0 Å². The quantitative estimate of drug-likeness (QED) is 0.812. The second-order valence-electron chi connectivity index (χ2n) is 8.26. The van der Waals surface area contributed by atoms with Crippen LogP contribution in [-0.4, -0.2) is 36.6 Å². The molecule has 0 unspecified atom stereocenters. The van der Waals surface area contributed by atoms with Crippen molar-refractivity contribution in [3.8, 4) is 11.5 Å². The van der Waals surface area contributed by atoms with E-state index < -0.39 is 0 Å². The average molecular weight is 427 g/mol. The van der Waals surface area contributed by atoms with Gasteiger partial charge in [0.1, 0.15) is 0 Å². The van der Waals surface area contributed by atoms with Gasteiger partial charge in [0.15, 0.2) is 11.5 Å². The predicted molar refractivity (Wildman–Crippen MR) is 114 cm³/mol. The number of likely N-dealkylation sites (tertiary alicyclic amines) is 1. The lowest BCUT2D eigenvalue weighted by Gasteiger charge is -2.26. The molecule has 0 spiro atoms. The largest absolute Gasteiger partial charge is 0.454 e. The number of aryl methyl sites for hydroxylation is 1. The fourth-order valence-electron chi connectivity index (χ4n) is 4.49. The van der Waals surface area contributed by atoms with Crippen molar-refractivity contribution in [3.05, 3.63) is 45.1 Å². The first-order chi connectivity index (χ1) is 14.7. The molecule has 1 fully saturated rings. The van der Waals surface area contributed by atoms with Crippen LogP contribution in [-0.2, 0) is 24.2 Å². The summed E-state index contributed by atoms with van der Waals surface area (Å²) in [5.41, 5.74) is 2.17. The number of nitrogens with one attached hydrogen (secondary N) is 1. The molecule has 1 aromatic heterocycles. The Labute approximate surface area is 180 Å². The Morgan fingerprint density at radius 1 is 1.10 bits per heavy atom. The Balaban J connectivity index is 1.19. The van der Waals surface area contributed by atoms with Crippen LogP contribution >= 0.6 is 11.3 Å². The molecule has 1 saturated heterocycles. The summed E-state index contributed by atoms with van der Waals surface area (Å²) in [6.07, 6.45) is 5.83. The average Bonchev–Trinajstić information content (AvgIpc) is 3.43. The lowest BCUT2D eigenvalue weighted by Crippen LogP contribution is -2.35. The van der Waals surface area contributed by atoms with Gasteiger partial charge in [0, 0.05) is 30.4 Å². The van der Waals surface area contributed by atoms with Crippen LogP contribution < -0.4 is 14.8 Å². The molecule has 0 bridgehead atoms. The second-order valence-corrected chi connectivity index (χ2v) is 9.39. The van der Waals surface area contributed by atoms with Crippen molar-refractivity contribution in [1.82, 2.24) is 10.2 Å². The monoisotopic (exact) mass is 426 g/mol. The van der Waals surface area contributed by atoms with E-state index in [1.807, 2.05) is 29.2 Å². The molecule has 0 radical (unpaired) electrons. The van der Waals surface area contributed by atoms with Crippen molar-refractivity contribution >= 4 is 23.2 Å². The Bertz CT molecular complexity index is 964. The first-order valence-corrected chi connectivity index (χ1v) is 11.6. The van der Waals surface area contributed by atoms with Crippen LogP contribution in [0.15, 0.2) is 24.3 Å². The van der Waals surface area contributed by atoms with Crippen LogP contribution in [0.2, 0.25) is 0 Å². The molecule has 2 aromatic rings. The first-order valence-electron chi connectivity index (χ1n) is 10.7. The Morgan fingerprint density at radius 2 is 1.93 bits per heavy atom. The summed E-state index contributed by atoms with van der Waals surface area (Å²) in [4.78, 5) is 29.7. The number of carbonyl (C=O) groups excluding carboxylic acids is 2. The number of rotatable bonds is 4. The third-order valence-corrected chi connectivity index (χ3v) is 7.44. The minimum atomic E-state index is -0.0425. The van der Waals surface area contributed by atoms with Gasteiger partial charge in [-0.25, -0.2) is 0 Å². The van der Waals surface area contributed by atoms with E-state index in [0.29, 0.717) is 13.0 Å². The summed E-state index contributed by atoms with van der Waals surface area (Å²) in [5, 5.41) is 3.06. The zero-order valence-corrected chi connectivity index (χ0v) is 17.8. The van der Waals surface area contributed by atoms with Crippen LogP contribution in [0.3, 0.4) is 0 Å². The molecule has 1 aromatic carbocycles. The number of amides is 2. The van der Waals surface area contributed by atoms with Crippen molar-refractivity contribution in [2.24, 2.45) is 5.92 Å². The van der Waals surface area contributed by atoms with Crippen molar-refractivity contribution in [1.29, 1.82) is 0 Å². The number of benzene rings is 1. The van der Waals surface area contributed by atoms with E-state index in [1.54, 1.807) is 11.3 Å². The van der Waals surface area contributed by atoms with E-state index in [0.717, 1.165) is 60.7 Å². The van der Waals surface area contributed by atoms with E-state index in [1.165, 1.54) is 16.9 Å². The maximum atomic E-state index is 12.8. The second kappa shape index (κ2) is 8.30. The van der Waals surface area contributed by atoms with Gasteiger partial charge in [-0.3, -0.25) is 9.59 Å². The molecule has 7 heteroatoms. The highest BCUT2D eigenvalue weighted by molar-refractivity contribution is 7.14. The van der Waals surface area contributed by atoms with Crippen LogP contribution in [0.1, 0.15) is 51.4 Å². The molecule has 2 aliphatic heterocycles. The van der Waals surface area contributed by atoms with Gasteiger partial charge in [-0.2, -0.15) is 0 Å². The summed E-state index contributed by atoms with van der Waals surface area (Å²) >= 11 is 1.62. The normalized spacial score (nSPS) is 20.0. The number of fused-ring (bicyclic) bond motifs is 2. The number of ether oxygens (including phenoxy) is 2. The van der Waals surface area contributed by atoms with Crippen LogP contribution in [0, 0.1) is 5.92 Å². The molecule has 0 saturated carbocycles. The van der Waals surface area contributed by atoms with Gasteiger partial charge in [0.25, 0.3) is 5.91 Å². The van der Waals surface area contributed by atoms with Gasteiger partial charge < -0.3 is 19.7 Å². The van der Waals surface area contributed by atoms with Gasteiger partial charge in [0.05, 0.1) is 4.88 Å². The molecular weight excluding hydrogens is 400 g/mol. The van der Waals surface area contributed by atoms with Crippen LogP contribution in [0.25, 0.3) is 0 Å². The third kappa shape index (κ3) is 3.90. The highest BCUT2D eigenvalue weighted by atomic mass is 32.1. The summed E-state index contributed by atoms with van der Waals surface area (Å²) in [5.74, 6) is 1.68. The van der Waals surface area contributed by atoms with Crippen molar-refractivity contribution in [2.45, 2.75) is 45.1 Å². The van der Waals surface area contributed by atoms with Crippen molar-refractivity contribution < 1.29 is 19.1 Å². The lowest BCUT2D eigenvalue weighted by atomic mass is 9.87. The third-order valence-electron chi connectivity index (χ3n) is 6.21. The maximum Gasteiger partial charge on any atom is 0.263 e. The summed E-state index contributed by atoms with van der Waals surface area (Å²) in [6, 6.07) is 7.78. The van der Waals surface area contributed by atoms with Crippen LogP contribution in [0.5, 0.6) is 11.5 Å². The summed E-state index contributed by atoms with van der Waals surface area (Å²) in [7, 11) is 0. The fraction of sp³-hybridized carbons (Fsp3) is 0.478. The van der Waals surface area contributed by atoms with Gasteiger partial charge in [0.2, 0.25) is 12.7 Å². The fourth-order valence-corrected chi connectivity index (χ4v) is 5.67. The van der Waals surface area contributed by atoms with E-state index >= 15 is 0 Å². The molecule has 5 rings (SSSR count). The first kappa shape index (κ1) is 19.4. The van der Waals surface area contributed by atoms with Gasteiger partial charge in [-0.1, -0.05) is 6.07 Å². The van der Waals surface area contributed by atoms with Crippen molar-refractivity contribution in [3.63, 3.8) is 0 Å². The van der Waals surface area contributed by atoms with Gasteiger partial charge >= 0.3 is 0 Å². The highest BCUT2D eigenvalue weighted by Gasteiger charge is 2.29. The minimum absolute atomic E-state index is 0.0425. The van der Waals surface area contributed by atoms with Crippen molar-refractivity contribution in [2.75, 3.05) is 19.9 Å². The van der Waals surface area contributed by atoms with E-state index in [2.05, 4.69) is 5.32 Å². The van der Waals surface area contributed by atoms with E-state index in [4.69, 9.17) is 9.47 Å². The predicted octanol–water partition coefficient (Wildman–Crippen LogP) is 3.52. The molecule has 1 N–H and O–H groups in total. The molecule has 6 nitrogen and oxygen atoms in total. The molecular formula is C23H26N2O4S. The zero-order chi connectivity index (χ0) is 20.5. The maximum absolute atomic E-state index is 12.8. The van der Waals surface area contributed by atoms with Gasteiger partial charge in [-0.05, 0) is 67.9 Å². The number of thiophene rings is 1. The molecule has 158 valence electrons. The lowest BCUT2D eigenvalue weighted by molar-refractivity contribution is -0.125. The zero-order valence-electron chi connectivity index (χ0n) is 16.9. The number of nitrogens with zero attached hydrogens (tertiary/aromatic N) is 1. The number of hydrogen-bond donors (Lipinski definition) is 1. The highest BCUT2D eigenvalue weighted by Crippen LogP contribution is 2.34. The number of carbonyl (C=O) groups is 2. The molecule has 30 heavy (non-hydrogen) atoms. The SMILES string of the molecule is O=C(NCc1ccc2c(c1)OCO2)[C@H]1CCc2sc(C(=O)N3CCCCC3)cc2C1. The molecule has 3 aliphatic rings. The smallest absolute Gasteiger partial charge is 0.263 e. The van der Waals surface area contributed by atoms with E-state index in [-0.39, 0.29) is 24.5 Å². The Morgan fingerprint density at radius 3 is 2.80 bits per heavy atom. The van der Waals surface area contributed by atoms with E-state index in [9.17, 15) is 9.59 Å². The molecule has 2 amide bonds. The molecule has 1 aliphatic carbocycles. The standard InChI is InChI=1S/C23H26N2O4S/c26-22(24-13-15-4-6-18-19(10-15)29-14-28-18)16-5-7-20-17(11-16)12-21(30-20)23(27)25-8-2-1-3-9-25/h4,6,10,12,16H,1-3,5,7-9,11,13-14H2,(H,24,26)/t16-/m0/s1. The Hall–Kier alpha value is -2.54. The summed E-state index contributed by atoms with van der Waals surface area (Å²) < 4.78 is 10.7. The topological polar surface area (TPSA) is 67.9 Å². The molecule has 1 atom stereocenters. The number of hydrogen-bond acceptors (Lipinski definition) is 5. The summed E-state index contributed by atoms with van der Waals surface area (Å²) in [6.45, 7) is 2.46. The molecule has 3 heterocycles. The minimum Gasteiger partial charge on any atom is -0.454 e.